The molecule has 2 saturated carbocycles. The highest BCUT2D eigenvalue weighted by molar-refractivity contribution is 5.73. The molecular weight excluding hydrogens is 366 g/mol. The molecule has 1 aromatic rings. The molecule has 7 heteroatoms. The van der Waals surface area contributed by atoms with E-state index in [4.69, 9.17) is 10.5 Å². The fourth-order valence-electron chi connectivity index (χ4n) is 5.58. The highest BCUT2D eigenvalue weighted by Gasteiger charge is 2.44. The summed E-state index contributed by atoms with van der Waals surface area (Å²) in [6.07, 6.45) is 9.17. The Balaban J connectivity index is 1.33. The van der Waals surface area contributed by atoms with E-state index in [1.165, 1.54) is 31.2 Å². The number of nitrogens with zero attached hydrogens (tertiary/aromatic N) is 3. The van der Waals surface area contributed by atoms with Gasteiger partial charge in [0.25, 0.3) is 0 Å². The zero-order valence-electron chi connectivity index (χ0n) is 17.4. The Morgan fingerprint density at radius 3 is 2.69 bits per heavy atom. The number of carbonyl (C=O) groups is 1. The molecule has 3 aliphatic carbocycles. The topological polar surface area (TPSA) is 93.4 Å². The van der Waals surface area contributed by atoms with Crippen LogP contribution in [0.4, 0.5) is 11.8 Å². The number of aryl methyl sites for hydroxylation is 1. The van der Waals surface area contributed by atoms with E-state index < -0.39 is 0 Å². The Morgan fingerprint density at radius 2 is 1.93 bits per heavy atom. The van der Waals surface area contributed by atoms with E-state index in [1.807, 2.05) is 0 Å². The summed E-state index contributed by atoms with van der Waals surface area (Å²) in [5.41, 5.74) is 8.51. The van der Waals surface area contributed by atoms with Crippen LogP contribution >= 0.6 is 0 Å². The van der Waals surface area contributed by atoms with Crippen LogP contribution in [0.2, 0.25) is 0 Å². The van der Waals surface area contributed by atoms with E-state index in [0.29, 0.717) is 17.8 Å². The van der Waals surface area contributed by atoms with Crippen LogP contribution in [0.3, 0.4) is 0 Å². The van der Waals surface area contributed by atoms with E-state index in [2.05, 4.69) is 20.2 Å². The maximum atomic E-state index is 11.8. The molecule has 0 radical (unpaired) electrons. The molecule has 7 nitrogen and oxygen atoms in total. The first-order valence-corrected chi connectivity index (χ1v) is 11.4. The van der Waals surface area contributed by atoms with Gasteiger partial charge < -0.3 is 20.7 Å². The average Bonchev–Trinajstić information content (AvgIpc) is 3.43. The Morgan fingerprint density at radius 1 is 1.17 bits per heavy atom. The van der Waals surface area contributed by atoms with Crippen LogP contribution in [0.15, 0.2) is 0 Å². The third-order valence-corrected chi connectivity index (χ3v) is 7.23. The standard InChI is InChI=1S/C22H33N5O2/c1-13(28)24-19-8-15-10-27(11-16(15)9-20(19)29-12-14-6-7-14)21-17-4-2-3-5-18(17)25-22(23)26-21/h14-16,19-20H,2-12H2,1H3,(H,24,28)(H2,23,25,26)/t15-,16+,19-,20-/m1/s1. The van der Waals surface area contributed by atoms with Gasteiger partial charge in [-0.25, -0.2) is 4.98 Å². The Kier molecular flexibility index (Phi) is 5.10. The predicted molar refractivity (Wildman–Crippen MR) is 112 cm³/mol. The summed E-state index contributed by atoms with van der Waals surface area (Å²) in [5, 5.41) is 3.17. The van der Waals surface area contributed by atoms with Gasteiger partial charge >= 0.3 is 0 Å². The van der Waals surface area contributed by atoms with Crippen molar-refractivity contribution >= 4 is 17.7 Å². The molecule has 1 amide bonds. The number of hydrogen-bond acceptors (Lipinski definition) is 6. The molecule has 158 valence electrons. The van der Waals surface area contributed by atoms with Gasteiger partial charge in [-0.05, 0) is 69.1 Å². The minimum absolute atomic E-state index is 0.0426. The van der Waals surface area contributed by atoms with Crippen LogP contribution in [0.5, 0.6) is 0 Å². The monoisotopic (exact) mass is 399 g/mol. The fraction of sp³-hybridized carbons (Fsp3) is 0.773. The third kappa shape index (κ3) is 4.06. The molecule has 0 aromatic carbocycles. The molecule has 3 fully saturated rings. The number of rotatable bonds is 5. The average molecular weight is 400 g/mol. The second-order valence-corrected chi connectivity index (χ2v) is 9.56. The maximum Gasteiger partial charge on any atom is 0.222 e. The SMILES string of the molecule is CC(=O)N[C@@H]1C[C@@H]2CN(c3nc(N)nc4c3CCCC4)C[C@@H]2C[C@H]1OCC1CC1. The van der Waals surface area contributed by atoms with Crippen molar-refractivity contribution in [3.05, 3.63) is 11.3 Å². The van der Waals surface area contributed by atoms with Crippen LogP contribution in [0, 0.1) is 17.8 Å². The van der Waals surface area contributed by atoms with E-state index in [9.17, 15) is 4.79 Å². The molecule has 0 unspecified atom stereocenters. The molecule has 0 spiro atoms. The Bertz CT molecular complexity index is 781. The summed E-state index contributed by atoms with van der Waals surface area (Å²) in [7, 11) is 0. The van der Waals surface area contributed by atoms with E-state index in [1.54, 1.807) is 6.92 Å². The molecule has 29 heavy (non-hydrogen) atoms. The van der Waals surface area contributed by atoms with Crippen LogP contribution < -0.4 is 16.0 Å². The van der Waals surface area contributed by atoms with Crippen molar-refractivity contribution in [3.63, 3.8) is 0 Å². The van der Waals surface area contributed by atoms with Gasteiger partial charge in [-0.15, -0.1) is 0 Å². The van der Waals surface area contributed by atoms with Crippen molar-refractivity contribution in [1.82, 2.24) is 15.3 Å². The van der Waals surface area contributed by atoms with Crippen LogP contribution in [0.25, 0.3) is 0 Å². The predicted octanol–water partition coefficient (Wildman–Crippen LogP) is 2.08. The third-order valence-electron chi connectivity index (χ3n) is 7.23. The van der Waals surface area contributed by atoms with Crippen LogP contribution in [-0.4, -0.2) is 47.7 Å². The highest BCUT2D eigenvalue weighted by atomic mass is 16.5. The van der Waals surface area contributed by atoms with Crippen LogP contribution in [-0.2, 0) is 22.4 Å². The summed E-state index contributed by atoms with van der Waals surface area (Å²) in [4.78, 5) is 23.4. The van der Waals surface area contributed by atoms with Gasteiger partial charge in [0.2, 0.25) is 11.9 Å². The number of fused-ring (bicyclic) bond motifs is 2. The molecule has 1 aliphatic heterocycles. The first-order chi connectivity index (χ1) is 14.1. The minimum atomic E-state index is 0.0426. The van der Waals surface area contributed by atoms with Gasteiger partial charge in [0.15, 0.2) is 0 Å². The van der Waals surface area contributed by atoms with Gasteiger partial charge in [0, 0.05) is 32.2 Å². The molecule has 4 aliphatic rings. The largest absolute Gasteiger partial charge is 0.376 e. The summed E-state index contributed by atoms with van der Waals surface area (Å²) >= 11 is 0. The number of nitrogens with one attached hydrogen (secondary N) is 1. The molecule has 2 heterocycles. The lowest BCUT2D eigenvalue weighted by Crippen LogP contribution is -2.50. The Hall–Kier alpha value is -1.89. The fourth-order valence-corrected chi connectivity index (χ4v) is 5.58. The van der Waals surface area contributed by atoms with Crippen LogP contribution in [0.1, 0.15) is 56.7 Å². The molecule has 5 rings (SSSR count). The lowest BCUT2D eigenvalue weighted by Gasteiger charge is -2.38. The Labute approximate surface area is 172 Å². The van der Waals surface area contributed by atoms with Gasteiger partial charge in [0.1, 0.15) is 5.82 Å². The molecule has 0 bridgehead atoms. The smallest absolute Gasteiger partial charge is 0.222 e. The molecule has 3 N–H and O–H groups in total. The minimum Gasteiger partial charge on any atom is -0.376 e. The van der Waals surface area contributed by atoms with Crippen molar-refractivity contribution in [2.75, 3.05) is 30.3 Å². The number of hydrogen-bond donors (Lipinski definition) is 2. The number of ether oxygens (including phenoxy) is 1. The van der Waals surface area contributed by atoms with Crippen molar-refractivity contribution in [3.8, 4) is 0 Å². The van der Waals surface area contributed by atoms with Crippen molar-refractivity contribution in [2.45, 2.75) is 70.4 Å². The first-order valence-electron chi connectivity index (χ1n) is 11.4. The zero-order chi connectivity index (χ0) is 20.0. The van der Waals surface area contributed by atoms with E-state index in [-0.39, 0.29) is 18.1 Å². The second kappa shape index (κ2) is 7.74. The lowest BCUT2D eigenvalue weighted by atomic mass is 9.77. The molecule has 1 saturated heterocycles. The highest BCUT2D eigenvalue weighted by Crippen LogP contribution is 2.41. The number of nitrogens with two attached hydrogens (primary N) is 1. The summed E-state index contributed by atoms with van der Waals surface area (Å²) < 4.78 is 6.30. The zero-order valence-corrected chi connectivity index (χ0v) is 17.4. The molecule has 4 atom stereocenters. The van der Waals surface area contributed by atoms with Crippen molar-refractivity contribution in [1.29, 1.82) is 0 Å². The van der Waals surface area contributed by atoms with E-state index in [0.717, 1.165) is 62.8 Å². The number of carbonyl (C=O) groups excluding carboxylic acids is 1. The van der Waals surface area contributed by atoms with Gasteiger partial charge in [-0.3, -0.25) is 4.79 Å². The molecular formula is C22H33N5O2. The van der Waals surface area contributed by atoms with Gasteiger partial charge in [-0.1, -0.05) is 0 Å². The molecule has 1 aromatic heterocycles. The summed E-state index contributed by atoms with van der Waals surface area (Å²) in [5.74, 6) is 3.38. The summed E-state index contributed by atoms with van der Waals surface area (Å²) in [6.45, 7) is 4.45. The maximum absolute atomic E-state index is 11.8. The summed E-state index contributed by atoms with van der Waals surface area (Å²) in [6, 6.07) is 0.122. The van der Waals surface area contributed by atoms with Crippen molar-refractivity contribution < 1.29 is 9.53 Å². The van der Waals surface area contributed by atoms with Crippen molar-refractivity contribution in [2.24, 2.45) is 17.8 Å². The number of anilines is 2. The number of aromatic nitrogens is 2. The van der Waals surface area contributed by atoms with Gasteiger partial charge in [0.05, 0.1) is 17.8 Å². The lowest BCUT2D eigenvalue weighted by molar-refractivity contribution is -0.122. The number of amides is 1. The first kappa shape index (κ1) is 19.1. The quantitative estimate of drug-likeness (QED) is 0.787. The van der Waals surface area contributed by atoms with Gasteiger partial charge in [-0.2, -0.15) is 4.98 Å². The van der Waals surface area contributed by atoms with E-state index >= 15 is 0 Å². The second-order valence-electron chi connectivity index (χ2n) is 9.56. The number of nitrogen functional groups attached to an aromatic ring is 1. The normalized spacial score (nSPS) is 31.3.